The van der Waals surface area contributed by atoms with E-state index in [4.69, 9.17) is 4.74 Å². The van der Waals surface area contributed by atoms with Gasteiger partial charge in [-0.3, -0.25) is 9.69 Å². The number of carboxylic acid groups (broad SMARTS) is 1. The van der Waals surface area contributed by atoms with Gasteiger partial charge in [0.05, 0.1) is 0 Å². The number of hydrogen-bond donors (Lipinski definition) is 1. The number of piperidine rings is 1. The predicted octanol–water partition coefficient (Wildman–Crippen LogP) is 6.47. The fourth-order valence-electron chi connectivity index (χ4n) is 4.88. The summed E-state index contributed by atoms with van der Waals surface area (Å²) < 4.78 is 5.85. The summed E-state index contributed by atoms with van der Waals surface area (Å²) in [5, 5.41) is 9.64. The minimum Gasteiger partial charge on any atom is -0.490 e. The van der Waals surface area contributed by atoms with E-state index in [9.17, 15) is 14.7 Å². The van der Waals surface area contributed by atoms with Crippen LogP contribution in [0.4, 0.5) is 4.79 Å². The van der Waals surface area contributed by atoms with E-state index in [-0.39, 0.29) is 5.91 Å². The Hall–Kier alpha value is -3.28. The topological polar surface area (TPSA) is 70.1 Å². The Balaban J connectivity index is 1.34. The average Bonchev–Trinajstić information content (AvgIpc) is 2.83. The number of ether oxygens (including phenoxy) is 1. The van der Waals surface area contributed by atoms with Gasteiger partial charge in [0, 0.05) is 30.7 Å². The van der Waals surface area contributed by atoms with Gasteiger partial charge in [-0.1, -0.05) is 35.9 Å². The van der Waals surface area contributed by atoms with Crippen molar-refractivity contribution in [1.29, 1.82) is 0 Å². The normalized spacial score (nSPS) is 16.3. The van der Waals surface area contributed by atoms with Crippen molar-refractivity contribution in [1.82, 2.24) is 9.80 Å². The van der Waals surface area contributed by atoms with Crippen molar-refractivity contribution in [3.05, 3.63) is 76.9 Å². The van der Waals surface area contributed by atoms with Gasteiger partial charge in [0.2, 0.25) is 0 Å². The van der Waals surface area contributed by atoms with Crippen LogP contribution in [0, 0.1) is 0 Å². The van der Waals surface area contributed by atoms with Gasteiger partial charge in [0.15, 0.2) is 0 Å². The second-order valence-corrected chi connectivity index (χ2v) is 10.9. The molecule has 0 bridgehead atoms. The summed E-state index contributed by atoms with van der Waals surface area (Å²) in [6, 6.07) is 15.7. The smallest absolute Gasteiger partial charge is 0.408 e. The summed E-state index contributed by atoms with van der Waals surface area (Å²) >= 11 is 0. The monoisotopic (exact) mass is 490 g/mol. The molecule has 0 radical (unpaired) electrons. The summed E-state index contributed by atoms with van der Waals surface area (Å²) in [4.78, 5) is 28.3. The summed E-state index contributed by atoms with van der Waals surface area (Å²) in [6.45, 7) is 8.05. The first kappa shape index (κ1) is 25.8. The molecule has 1 heterocycles. The molecule has 4 rings (SSSR count). The first-order chi connectivity index (χ1) is 17.2. The Labute approximate surface area is 214 Å². The average molecular weight is 491 g/mol. The largest absolute Gasteiger partial charge is 0.490 e. The standard InChI is InChI=1S/C30H38N2O4/c1-30(2,3)32(29(34)35)21-23-9-5-10-25(19-23)24-13-16-31(17-14-24)28(33)26-11-6-12-27(20-26)36-18-15-22-7-4-8-22/h5-6,9-12,15,19-20,24H,4,7-8,13-14,16-18,21H2,1-3H3,(H,34,35). The van der Waals surface area contributed by atoms with E-state index in [0.717, 1.165) is 24.2 Å². The van der Waals surface area contributed by atoms with Gasteiger partial charge in [-0.25, -0.2) is 4.79 Å². The highest BCUT2D eigenvalue weighted by Gasteiger charge is 2.28. The summed E-state index contributed by atoms with van der Waals surface area (Å²) in [5.74, 6) is 1.14. The van der Waals surface area contributed by atoms with Crippen LogP contribution in [0.5, 0.6) is 5.75 Å². The van der Waals surface area contributed by atoms with Crippen molar-refractivity contribution >= 4 is 12.0 Å². The lowest BCUT2D eigenvalue weighted by atomic mass is 9.88. The number of carbonyl (C=O) groups is 2. The highest BCUT2D eigenvalue weighted by atomic mass is 16.5. The molecule has 0 unspecified atom stereocenters. The first-order valence-electron chi connectivity index (χ1n) is 13.0. The lowest BCUT2D eigenvalue weighted by molar-refractivity contribution is 0.0712. The molecule has 2 fully saturated rings. The number of likely N-dealkylation sites (tertiary alicyclic amines) is 1. The SMILES string of the molecule is CC(C)(C)N(Cc1cccc(C2CCN(C(=O)c3cccc(OCC=C4CCC4)c3)CC2)c1)C(=O)O. The van der Waals surface area contributed by atoms with E-state index >= 15 is 0 Å². The Bertz CT molecular complexity index is 1100. The highest BCUT2D eigenvalue weighted by molar-refractivity contribution is 5.94. The summed E-state index contributed by atoms with van der Waals surface area (Å²) in [7, 11) is 0. The summed E-state index contributed by atoms with van der Waals surface area (Å²) in [6.07, 6.45) is 6.66. The maximum Gasteiger partial charge on any atom is 0.408 e. The number of hydrogen-bond acceptors (Lipinski definition) is 3. The van der Waals surface area contributed by atoms with E-state index in [2.05, 4.69) is 18.2 Å². The Morgan fingerprint density at radius 3 is 2.44 bits per heavy atom. The highest BCUT2D eigenvalue weighted by Crippen LogP contribution is 2.30. The molecule has 1 saturated heterocycles. The first-order valence-corrected chi connectivity index (χ1v) is 13.0. The van der Waals surface area contributed by atoms with Crippen LogP contribution in [0.2, 0.25) is 0 Å². The molecular formula is C30H38N2O4. The molecular weight excluding hydrogens is 452 g/mol. The Morgan fingerprint density at radius 1 is 1.08 bits per heavy atom. The number of amides is 2. The molecule has 192 valence electrons. The van der Waals surface area contributed by atoms with Gasteiger partial charge in [-0.05, 0) is 94.2 Å². The predicted molar refractivity (Wildman–Crippen MR) is 142 cm³/mol. The van der Waals surface area contributed by atoms with Crippen molar-refractivity contribution in [2.75, 3.05) is 19.7 Å². The lowest BCUT2D eigenvalue weighted by Gasteiger charge is -2.34. The van der Waals surface area contributed by atoms with Gasteiger partial charge in [-0.15, -0.1) is 0 Å². The van der Waals surface area contributed by atoms with Crippen molar-refractivity contribution < 1.29 is 19.4 Å². The zero-order chi connectivity index (χ0) is 25.7. The molecule has 1 saturated carbocycles. The molecule has 0 aromatic heterocycles. The van der Waals surface area contributed by atoms with Gasteiger partial charge in [0.25, 0.3) is 5.91 Å². The third-order valence-corrected chi connectivity index (χ3v) is 7.28. The van der Waals surface area contributed by atoms with E-state index in [0.29, 0.717) is 37.7 Å². The molecule has 36 heavy (non-hydrogen) atoms. The second kappa shape index (κ2) is 11.2. The molecule has 2 aliphatic rings. The van der Waals surface area contributed by atoms with Gasteiger partial charge in [-0.2, -0.15) is 0 Å². The maximum atomic E-state index is 13.2. The van der Waals surface area contributed by atoms with Crippen LogP contribution < -0.4 is 4.74 Å². The van der Waals surface area contributed by atoms with Crippen LogP contribution in [0.15, 0.2) is 60.2 Å². The second-order valence-electron chi connectivity index (χ2n) is 10.9. The van der Waals surface area contributed by atoms with Crippen LogP contribution in [0.1, 0.15) is 80.3 Å². The number of benzene rings is 2. The van der Waals surface area contributed by atoms with Gasteiger partial charge >= 0.3 is 6.09 Å². The van der Waals surface area contributed by atoms with E-state index in [1.54, 1.807) is 0 Å². The van der Waals surface area contributed by atoms with Crippen molar-refractivity contribution in [3.8, 4) is 5.75 Å². The third kappa shape index (κ3) is 6.48. The number of rotatable bonds is 7. The molecule has 0 spiro atoms. The molecule has 2 amide bonds. The zero-order valence-corrected chi connectivity index (χ0v) is 21.7. The molecule has 1 aliphatic carbocycles. The van der Waals surface area contributed by atoms with Crippen LogP contribution in [0.25, 0.3) is 0 Å². The fourth-order valence-corrected chi connectivity index (χ4v) is 4.88. The molecule has 1 N–H and O–H groups in total. The molecule has 6 nitrogen and oxygen atoms in total. The Kier molecular flexibility index (Phi) is 8.02. The molecule has 6 heteroatoms. The quantitative estimate of drug-likeness (QED) is 0.451. The van der Waals surface area contributed by atoms with Crippen molar-refractivity contribution in [2.24, 2.45) is 0 Å². The zero-order valence-electron chi connectivity index (χ0n) is 21.7. The van der Waals surface area contributed by atoms with E-state index in [1.165, 1.54) is 35.3 Å². The molecule has 2 aromatic carbocycles. The minimum absolute atomic E-state index is 0.0484. The maximum absolute atomic E-state index is 13.2. The fraction of sp³-hybridized carbons (Fsp3) is 0.467. The molecule has 2 aromatic rings. The number of nitrogens with zero attached hydrogens (tertiary/aromatic N) is 2. The van der Waals surface area contributed by atoms with Gasteiger partial charge < -0.3 is 14.7 Å². The third-order valence-electron chi connectivity index (χ3n) is 7.28. The van der Waals surface area contributed by atoms with E-state index < -0.39 is 11.6 Å². The Morgan fingerprint density at radius 2 is 1.81 bits per heavy atom. The summed E-state index contributed by atoms with van der Waals surface area (Å²) in [5.41, 5.74) is 3.87. The molecule has 1 aliphatic heterocycles. The lowest BCUT2D eigenvalue weighted by Crippen LogP contribution is -2.44. The van der Waals surface area contributed by atoms with E-state index in [1.807, 2.05) is 62.1 Å². The van der Waals surface area contributed by atoms with Gasteiger partial charge in [0.1, 0.15) is 12.4 Å². The minimum atomic E-state index is -0.912. The van der Waals surface area contributed by atoms with Crippen LogP contribution in [0.3, 0.4) is 0 Å². The number of carbonyl (C=O) groups excluding carboxylic acids is 1. The van der Waals surface area contributed by atoms with Crippen LogP contribution in [-0.4, -0.2) is 52.1 Å². The van der Waals surface area contributed by atoms with Crippen LogP contribution in [-0.2, 0) is 6.54 Å². The van der Waals surface area contributed by atoms with Crippen molar-refractivity contribution in [2.45, 2.75) is 70.9 Å². The molecule has 0 atom stereocenters. The van der Waals surface area contributed by atoms with Crippen molar-refractivity contribution in [3.63, 3.8) is 0 Å². The number of allylic oxidation sites excluding steroid dienone is 1. The van der Waals surface area contributed by atoms with Crippen LogP contribution >= 0.6 is 0 Å².